The normalized spacial score (nSPS) is 15.3. The van der Waals surface area contributed by atoms with Crippen LogP contribution in [-0.2, 0) is 6.54 Å². The van der Waals surface area contributed by atoms with Crippen molar-refractivity contribution in [2.24, 2.45) is 0 Å². The summed E-state index contributed by atoms with van der Waals surface area (Å²) >= 11 is 0. The molecule has 0 bridgehead atoms. The summed E-state index contributed by atoms with van der Waals surface area (Å²) in [6.07, 6.45) is 1.96. The van der Waals surface area contributed by atoms with E-state index in [0.29, 0.717) is 24.4 Å². The molecule has 0 radical (unpaired) electrons. The molecule has 0 N–H and O–H groups in total. The first-order valence-corrected chi connectivity index (χ1v) is 8.82. The van der Waals surface area contributed by atoms with Crippen molar-refractivity contribution in [3.05, 3.63) is 66.0 Å². The number of carbonyl (C=O) groups is 1. The molecular formula is C20H22N4O2. The Hall–Kier alpha value is -2.86. The van der Waals surface area contributed by atoms with Gasteiger partial charge in [0.05, 0.1) is 23.9 Å². The van der Waals surface area contributed by atoms with Gasteiger partial charge in [0.15, 0.2) is 0 Å². The van der Waals surface area contributed by atoms with E-state index in [9.17, 15) is 4.79 Å². The second kappa shape index (κ2) is 7.17. The highest BCUT2D eigenvalue weighted by Gasteiger charge is 2.24. The van der Waals surface area contributed by atoms with Gasteiger partial charge in [-0.15, -0.1) is 0 Å². The Bertz CT molecular complexity index is 880. The van der Waals surface area contributed by atoms with E-state index in [1.165, 1.54) is 0 Å². The summed E-state index contributed by atoms with van der Waals surface area (Å²) in [6.45, 7) is 3.91. The van der Waals surface area contributed by atoms with E-state index in [0.717, 1.165) is 30.8 Å². The molecule has 4 rings (SSSR count). The third-order valence-corrected chi connectivity index (χ3v) is 4.80. The SMILES string of the molecule is COc1ccccc1C(=O)N1CCN(Cc2cc3ccccn3n2)CC1. The van der Waals surface area contributed by atoms with Crippen molar-refractivity contribution >= 4 is 11.4 Å². The number of piperazine rings is 1. The number of ether oxygens (including phenoxy) is 1. The molecular weight excluding hydrogens is 328 g/mol. The summed E-state index contributed by atoms with van der Waals surface area (Å²) in [4.78, 5) is 17.0. The van der Waals surface area contributed by atoms with Crippen molar-refractivity contribution in [2.75, 3.05) is 33.3 Å². The Kier molecular flexibility index (Phi) is 4.58. The molecule has 1 aliphatic rings. The van der Waals surface area contributed by atoms with Gasteiger partial charge in [-0.1, -0.05) is 18.2 Å². The first kappa shape index (κ1) is 16.6. The van der Waals surface area contributed by atoms with E-state index >= 15 is 0 Å². The average molecular weight is 350 g/mol. The first-order chi connectivity index (χ1) is 12.7. The molecule has 134 valence electrons. The molecule has 0 atom stereocenters. The fourth-order valence-corrected chi connectivity index (χ4v) is 3.40. The van der Waals surface area contributed by atoms with Gasteiger partial charge in [0.1, 0.15) is 5.75 Å². The lowest BCUT2D eigenvalue weighted by Gasteiger charge is -2.34. The third-order valence-electron chi connectivity index (χ3n) is 4.80. The van der Waals surface area contributed by atoms with E-state index in [2.05, 4.69) is 22.1 Å². The lowest BCUT2D eigenvalue weighted by molar-refractivity contribution is 0.0624. The molecule has 6 nitrogen and oxygen atoms in total. The van der Waals surface area contributed by atoms with E-state index in [-0.39, 0.29) is 5.91 Å². The number of methoxy groups -OCH3 is 1. The van der Waals surface area contributed by atoms with Crippen molar-refractivity contribution in [1.29, 1.82) is 0 Å². The van der Waals surface area contributed by atoms with E-state index in [1.807, 2.05) is 52.0 Å². The van der Waals surface area contributed by atoms with Gasteiger partial charge in [-0.3, -0.25) is 9.69 Å². The predicted molar refractivity (Wildman–Crippen MR) is 99.4 cm³/mol. The zero-order valence-corrected chi connectivity index (χ0v) is 14.8. The van der Waals surface area contributed by atoms with Crippen LogP contribution in [0.1, 0.15) is 16.1 Å². The summed E-state index contributed by atoms with van der Waals surface area (Å²) in [5.74, 6) is 0.666. The molecule has 0 aliphatic carbocycles. The Balaban J connectivity index is 1.38. The Labute approximate surface area is 152 Å². The number of rotatable bonds is 4. The maximum Gasteiger partial charge on any atom is 0.257 e. The molecule has 1 aliphatic heterocycles. The second-order valence-electron chi connectivity index (χ2n) is 6.47. The average Bonchev–Trinajstić information content (AvgIpc) is 3.10. The van der Waals surface area contributed by atoms with Crippen LogP contribution in [-0.4, -0.2) is 58.6 Å². The van der Waals surface area contributed by atoms with E-state index < -0.39 is 0 Å². The van der Waals surface area contributed by atoms with Gasteiger partial charge in [-0.2, -0.15) is 5.10 Å². The van der Waals surface area contributed by atoms with Gasteiger partial charge in [-0.05, 0) is 30.3 Å². The van der Waals surface area contributed by atoms with Gasteiger partial charge in [0, 0.05) is 38.9 Å². The molecule has 1 fully saturated rings. The highest BCUT2D eigenvalue weighted by Crippen LogP contribution is 2.20. The molecule has 1 aromatic carbocycles. The van der Waals surface area contributed by atoms with Gasteiger partial charge < -0.3 is 9.64 Å². The maximum atomic E-state index is 12.8. The van der Waals surface area contributed by atoms with Crippen LogP contribution in [0.3, 0.4) is 0 Å². The minimum Gasteiger partial charge on any atom is -0.496 e. The second-order valence-corrected chi connectivity index (χ2v) is 6.47. The van der Waals surface area contributed by atoms with Crippen LogP contribution < -0.4 is 4.74 Å². The molecule has 0 saturated carbocycles. The molecule has 0 unspecified atom stereocenters. The monoisotopic (exact) mass is 350 g/mol. The molecule has 1 amide bonds. The number of carbonyl (C=O) groups excluding carboxylic acids is 1. The van der Waals surface area contributed by atoms with Crippen LogP contribution >= 0.6 is 0 Å². The number of amides is 1. The van der Waals surface area contributed by atoms with E-state index in [4.69, 9.17) is 4.74 Å². The van der Waals surface area contributed by atoms with Crippen molar-refractivity contribution in [3.63, 3.8) is 0 Å². The maximum absolute atomic E-state index is 12.8. The quantitative estimate of drug-likeness (QED) is 0.724. The van der Waals surface area contributed by atoms with Crippen molar-refractivity contribution < 1.29 is 9.53 Å². The number of nitrogens with zero attached hydrogens (tertiary/aromatic N) is 4. The minimum absolute atomic E-state index is 0.0369. The van der Waals surface area contributed by atoms with Gasteiger partial charge in [0.25, 0.3) is 5.91 Å². The molecule has 6 heteroatoms. The van der Waals surface area contributed by atoms with Crippen LogP contribution in [0.2, 0.25) is 0 Å². The number of fused-ring (bicyclic) bond motifs is 1. The highest BCUT2D eigenvalue weighted by atomic mass is 16.5. The van der Waals surface area contributed by atoms with Crippen LogP contribution in [0.15, 0.2) is 54.7 Å². The zero-order chi connectivity index (χ0) is 17.9. The topological polar surface area (TPSA) is 50.1 Å². The summed E-state index contributed by atoms with van der Waals surface area (Å²) in [7, 11) is 1.60. The molecule has 1 saturated heterocycles. The van der Waals surface area contributed by atoms with Crippen molar-refractivity contribution in [3.8, 4) is 5.75 Å². The largest absolute Gasteiger partial charge is 0.496 e. The molecule has 2 aromatic heterocycles. The molecule has 26 heavy (non-hydrogen) atoms. The minimum atomic E-state index is 0.0369. The van der Waals surface area contributed by atoms with E-state index in [1.54, 1.807) is 7.11 Å². The van der Waals surface area contributed by atoms with Crippen molar-refractivity contribution in [1.82, 2.24) is 19.4 Å². The van der Waals surface area contributed by atoms with Crippen LogP contribution in [0.5, 0.6) is 5.75 Å². The number of hydrogen-bond donors (Lipinski definition) is 0. The Morgan fingerprint density at radius 3 is 2.62 bits per heavy atom. The van der Waals surface area contributed by atoms with Crippen molar-refractivity contribution in [2.45, 2.75) is 6.54 Å². The van der Waals surface area contributed by atoms with Crippen LogP contribution in [0.4, 0.5) is 0 Å². The summed E-state index contributed by atoms with van der Waals surface area (Å²) in [5.41, 5.74) is 2.79. The number of para-hydroxylation sites is 1. The standard InChI is InChI=1S/C20H22N4O2/c1-26-19-8-3-2-7-18(19)20(25)23-12-10-22(11-13-23)15-16-14-17-6-4-5-9-24(17)21-16/h2-9,14H,10-13,15H2,1H3. The van der Waals surface area contributed by atoms with Gasteiger partial charge >= 0.3 is 0 Å². The first-order valence-electron chi connectivity index (χ1n) is 8.82. The number of hydrogen-bond acceptors (Lipinski definition) is 4. The molecule has 0 spiro atoms. The fourth-order valence-electron chi connectivity index (χ4n) is 3.40. The smallest absolute Gasteiger partial charge is 0.257 e. The third kappa shape index (κ3) is 3.28. The lowest BCUT2D eigenvalue weighted by Crippen LogP contribution is -2.48. The van der Waals surface area contributed by atoms with Crippen LogP contribution in [0.25, 0.3) is 5.52 Å². The molecule has 3 heterocycles. The van der Waals surface area contributed by atoms with Gasteiger partial charge in [0.2, 0.25) is 0 Å². The molecule has 3 aromatic rings. The highest BCUT2D eigenvalue weighted by molar-refractivity contribution is 5.97. The summed E-state index contributed by atoms with van der Waals surface area (Å²) in [6, 6.07) is 15.6. The Morgan fingerprint density at radius 2 is 1.85 bits per heavy atom. The van der Waals surface area contributed by atoms with Gasteiger partial charge in [-0.25, -0.2) is 4.52 Å². The number of pyridine rings is 1. The summed E-state index contributed by atoms with van der Waals surface area (Å²) < 4.78 is 7.22. The zero-order valence-electron chi connectivity index (χ0n) is 14.8. The number of benzene rings is 1. The predicted octanol–water partition coefficient (Wildman–Crippen LogP) is 2.30. The fraction of sp³-hybridized carbons (Fsp3) is 0.300. The number of aromatic nitrogens is 2. The lowest BCUT2D eigenvalue weighted by atomic mass is 10.1. The summed E-state index contributed by atoms with van der Waals surface area (Å²) in [5, 5.41) is 4.61. The Morgan fingerprint density at radius 1 is 1.08 bits per heavy atom. The van der Waals surface area contributed by atoms with Crippen LogP contribution in [0, 0.1) is 0 Å².